The molecule has 1 aromatic heterocycles. The fourth-order valence-electron chi connectivity index (χ4n) is 1.65. The Hall–Kier alpha value is 0.200. The van der Waals surface area contributed by atoms with Crippen molar-refractivity contribution in [3.05, 3.63) is 22.4 Å². The van der Waals surface area contributed by atoms with Crippen LogP contribution in [0.5, 0.6) is 0 Å². The van der Waals surface area contributed by atoms with E-state index in [1.165, 1.54) is 5.56 Å². The Morgan fingerprint density at radius 3 is 2.79 bits per heavy atom. The molecular formula is C9H16Cl2N2S. The average Bonchev–Trinajstić information content (AvgIpc) is 2.63. The maximum Gasteiger partial charge on any atom is 0.0242 e. The van der Waals surface area contributed by atoms with Gasteiger partial charge in [0.25, 0.3) is 0 Å². The number of nitrogens with zero attached hydrogens (tertiary/aromatic N) is 1. The molecule has 1 saturated heterocycles. The zero-order valence-corrected chi connectivity index (χ0v) is 10.3. The maximum atomic E-state index is 5.82. The fraction of sp³-hybridized carbons (Fsp3) is 0.556. The number of nitrogens with two attached hydrogens (primary N) is 1. The van der Waals surface area contributed by atoms with E-state index in [2.05, 4.69) is 21.7 Å². The van der Waals surface area contributed by atoms with Crippen molar-refractivity contribution in [2.75, 3.05) is 13.1 Å². The summed E-state index contributed by atoms with van der Waals surface area (Å²) in [4.78, 5) is 2.42. The van der Waals surface area contributed by atoms with Gasteiger partial charge in [0.15, 0.2) is 0 Å². The fourth-order valence-corrected chi connectivity index (χ4v) is 2.31. The standard InChI is InChI=1S/C9H14N2S.2ClH/c10-9-1-3-11(6-9)5-8-2-4-12-7-8;;/h2,4,7,9H,1,3,5-6,10H2;2*1H. The van der Waals surface area contributed by atoms with E-state index >= 15 is 0 Å². The summed E-state index contributed by atoms with van der Waals surface area (Å²) >= 11 is 1.77. The van der Waals surface area contributed by atoms with Gasteiger partial charge >= 0.3 is 0 Å². The Labute approximate surface area is 101 Å². The predicted octanol–water partition coefficient (Wildman–Crippen LogP) is 2.12. The van der Waals surface area contributed by atoms with E-state index in [1.807, 2.05) is 0 Å². The molecular weight excluding hydrogens is 239 g/mol. The molecule has 1 aliphatic rings. The van der Waals surface area contributed by atoms with Crippen LogP contribution in [0.25, 0.3) is 0 Å². The average molecular weight is 255 g/mol. The molecule has 1 aromatic rings. The van der Waals surface area contributed by atoms with Gasteiger partial charge in [-0.05, 0) is 28.8 Å². The first-order valence-electron chi connectivity index (χ1n) is 4.33. The lowest BCUT2D eigenvalue weighted by Gasteiger charge is -2.13. The third-order valence-electron chi connectivity index (χ3n) is 2.30. The molecule has 82 valence electrons. The summed E-state index contributed by atoms with van der Waals surface area (Å²) in [5.74, 6) is 0. The van der Waals surface area contributed by atoms with Crippen molar-refractivity contribution in [3.63, 3.8) is 0 Å². The van der Waals surface area contributed by atoms with Crippen LogP contribution in [0.1, 0.15) is 12.0 Å². The zero-order valence-electron chi connectivity index (χ0n) is 7.89. The van der Waals surface area contributed by atoms with Gasteiger partial charge in [-0.15, -0.1) is 24.8 Å². The van der Waals surface area contributed by atoms with E-state index in [0.717, 1.165) is 26.1 Å². The monoisotopic (exact) mass is 254 g/mol. The molecule has 0 spiro atoms. The van der Waals surface area contributed by atoms with Crippen LogP contribution in [-0.4, -0.2) is 24.0 Å². The van der Waals surface area contributed by atoms with Crippen molar-refractivity contribution in [1.82, 2.24) is 4.90 Å². The number of hydrogen-bond donors (Lipinski definition) is 1. The third kappa shape index (κ3) is 3.75. The molecule has 2 nitrogen and oxygen atoms in total. The molecule has 5 heteroatoms. The number of hydrogen-bond acceptors (Lipinski definition) is 3. The van der Waals surface area contributed by atoms with Crippen LogP contribution in [0, 0.1) is 0 Å². The second-order valence-corrected chi connectivity index (χ2v) is 4.20. The Morgan fingerprint density at radius 1 is 1.50 bits per heavy atom. The van der Waals surface area contributed by atoms with Crippen LogP contribution >= 0.6 is 36.2 Å². The quantitative estimate of drug-likeness (QED) is 0.877. The SMILES string of the molecule is Cl.Cl.NC1CCN(Cc2ccsc2)C1. The highest BCUT2D eigenvalue weighted by Gasteiger charge is 2.18. The first-order valence-corrected chi connectivity index (χ1v) is 5.28. The molecule has 1 unspecified atom stereocenters. The molecule has 2 N–H and O–H groups in total. The lowest BCUT2D eigenvalue weighted by atomic mass is 10.3. The molecule has 1 atom stereocenters. The molecule has 0 saturated carbocycles. The Morgan fingerprint density at radius 2 is 2.29 bits per heavy atom. The number of likely N-dealkylation sites (tertiary alicyclic amines) is 1. The van der Waals surface area contributed by atoms with Crippen molar-refractivity contribution >= 4 is 36.2 Å². The van der Waals surface area contributed by atoms with Gasteiger partial charge in [0.2, 0.25) is 0 Å². The van der Waals surface area contributed by atoms with Gasteiger partial charge in [0.05, 0.1) is 0 Å². The van der Waals surface area contributed by atoms with Crippen molar-refractivity contribution in [3.8, 4) is 0 Å². The molecule has 0 bridgehead atoms. The zero-order chi connectivity index (χ0) is 8.39. The molecule has 1 aliphatic heterocycles. The largest absolute Gasteiger partial charge is 0.326 e. The number of rotatable bonds is 2. The molecule has 2 rings (SSSR count). The minimum Gasteiger partial charge on any atom is -0.326 e. The number of thiophene rings is 1. The molecule has 1 fully saturated rings. The summed E-state index contributed by atoms with van der Waals surface area (Å²) in [6, 6.07) is 2.60. The summed E-state index contributed by atoms with van der Waals surface area (Å²) in [6.45, 7) is 3.31. The van der Waals surface area contributed by atoms with E-state index in [4.69, 9.17) is 5.73 Å². The second-order valence-electron chi connectivity index (χ2n) is 3.42. The van der Waals surface area contributed by atoms with Crippen LogP contribution in [0.2, 0.25) is 0 Å². The van der Waals surface area contributed by atoms with Crippen molar-refractivity contribution in [2.45, 2.75) is 19.0 Å². The molecule has 0 radical (unpaired) electrons. The van der Waals surface area contributed by atoms with Crippen LogP contribution in [0.3, 0.4) is 0 Å². The Balaban J connectivity index is 0.000000845. The lowest BCUT2D eigenvalue weighted by Crippen LogP contribution is -2.26. The van der Waals surface area contributed by atoms with Crippen molar-refractivity contribution < 1.29 is 0 Å². The first-order chi connectivity index (χ1) is 5.84. The van der Waals surface area contributed by atoms with Gasteiger partial charge in [-0.3, -0.25) is 4.90 Å². The highest BCUT2D eigenvalue weighted by Crippen LogP contribution is 2.13. The maximum absolute atomic E-state index is 5.82. The van der Waals surface area contributed by atoms with Gasteiger partial charge < -0.3 is 5.73 Å². The highest BCUT2D eigenvalue weighted by molar-refractivity contribution is 7.07. The van der Waals surface area contributed by atoms with Gasteiger partial charge in [-0.2, -0.15) is 11.3 Å². The minimum atomic E-state index is 0. The predicted molar refractivity (Wildman–Crippen MR) is 66.7 cm³/mol. The molecule has 0 amide bonds. The molecule has 2 heterocycles. The van der Waals surface area contributed by atoms with E-state index in [0.29, 0.717) is 6.04 Å². The Kier molecular flexibility index (Phi) is 6.74. The van der Waals surface area contributed by atoms with Gasteiger partial charge in [-0.1, -0.05) is 0 Å². The second kappa shape index (κ2) is 6.64. The minimum absolute atomic E-state index is 0. The topological polar surface area (TPSA) is 29.3 Å². The smallest absolute Gasteiger partial charge is 0.0242 e. The molecule has 0 aromatic carbocycles. The normalized spacial score (nSPS) is 21.4. The molecule has 14 heavy (non-hydrogen) atoms. The van der Waals surface area contributed by atoms with Crippen LogP contribution in [0.15, 0.2) is 16.8 Å². The van der Waals surface area contributed by atoms with E-state index in [9.17, 15) is 0 Å². The third-order valence-corrected chi connectivity index (χ3v) is 3.03. The van der Waals surface area contributed by atoms with Crippen LogP contribution in [-0.2, 0) is 6.54 Å². The number of halogens is 2. The van der Waals surface area contributed by atoms with Gasteiger partial charge in [-0.25, -0.2) is 0 Å². The summed E-state index contributed by atoms with van der Waals surface area (Å²) < 4.78 is 0. The summed E-state index contributed by atoms with van der Waals surface area (Å²) in [5.41, 5.74) is 7.24. The van der Waals surface area contributed by atoms with Gasteiger partial charge in [0.1, 0.15) is 0 Å². The summed E-state index contributed by atoms with van der Waals surface area (Å²) in [7, 11) is 0. The summed E-state index contributed by atoms with van der Waals surface area (Å²) in [5, 5.41) is 4.34. The first kappa shape index (κ1) is 14.2. The lowest BCUT2D eigenvalue weighted by molar-refractivity contribution is 0.327. The van der Waals surface area contributed by atoms with Crippen molar-refractivity contribution in [2.24, 2.45) is 5.73 Å². The van der Waals surface area contributed by atoms with E-state index in [1.54, 1.807) is 11.3 Å². The van der Waals surface area contributed by atoms with E-state index < -0.39 is 0 Å². The van der Waals surface area contributed by atoms with E-state index in [-0.39, 0.29) is 24.8 Å². The summed E-state index contributed by atoms with van der Waals surface area (Å²) in [6.07, 6.45) is 1.16. The highest BCUT2D eigenvalue weighted by atomic mass is 35.5. The van der Waals surface area contributed by atoms with Gasteiger partial charge in [0, 0.05) is 25.7 Å². The molecule has 0 aliphatic carbocycles. The van der Waals surface area contributed by atoms with Crippen LogP contribution in [0.4, 0.5) is 0 Å². The van der Waals surface area contributed by atoms with Crippen LogP contribution < -0.4 is 5.73 Å². The Bertz CT molecular complexity index is 241. The van der Waals surface area contributed by atoms with Crippen molar-refractivity contribution in [1.29, 1.82) is 0 Å².